The van der Waals surface area contributed by atoms with Gasteiger partial charge in [0.25, 0.3) is 0 Å². The highest BCUT2D eigenvalue weighted by atomic mass is 16.7. The van der Waals surface area contributed by atoms with E-state index in [4.69, 9.17) is 9.47 Å². The Bertz CT molecular complexity index is 460. The summed E-state index contributed by atoms with van der Waals surface area (Å²) >= 11 is 0. The number of hydrogen-bond donors (Lipinski definition) is 0. The quantitative estimate of drug-likeness (QED) is 0.700. The molecule has 0 saturated heterocycles. The molecule has 0 amide bonds. The van der Waals surface area contributed by atoms with Crippen molar-refractivity contribution < 1.29 is 14.3 Å². The van der Waals surface area contributed by atoms with Crippen molar-refractivity contribution >= 4 is 11.4 Å². The third kappa shape index (κ3) is 1.31. The third-order valence-corrected chi connectivity index (χ3v) is 2.70. The van der Waals surface area contributed by atoms with Gasteiger partial charge in [0.05, 0.1) is 0 Å². The first-order valence-corrected chi connectivity index (χ1v) is 4.98. The summed E-state index contributed by atoms with van der Waals surface area (Å²) in [5.41, 5.74) is 1.75. The second kappa shape index (κ2) is 3.12. The smallest absolute Gasteiger partial charge is 0.231 e. The highest BCUT2D eigenvalue weighted by Gasteiger charge is 2.20. The maximum atomic E-state index is 11.5. The van der Waals surface area contributed by atoms with Gasteiger partial charge < -0.3 is 9.47 Å². The van der Waals surface area contributed by atoms with Gasteiger partial charge in [0.1, 0.15) is 0 Å². The summed E-state index contributed by atoms with van der Waals surface area (Å²) in [6.45, 7) is 0.270. The fourth-order valence-electron chi connectivity index (χ4n) is 1.94. The van der Waals surface area contributed by atoms with Gasteiger partial charge in [-0.3, -0.25) is 4.79 Å². The number of Topliss-reactive ketones (excluding diaryl/α,β-unsaturated/α-hetero) is 1. The molecule has 0 spiro atoms. The Kier molecular flexibility index (Phi) is 1.78. The molecule has 0 atom stereocenters. The molecule has 15 heavy (non-hydrogen) atoms. The third-order valence-electron chi connectivity index (χ3n) is 2.70. The average molecular weight is 202 g/mol. The van der Waals surface area contributed by atoms with Gasteiger partial charge >= 0.3 is 0 Å². The van der Waals surface area contributed by atoms with Gasteiger partial charge in [0, 0.05) is 12.0 Å². The van der Waals surface area contributed by atoms with Crippen molar-refractivity contribution in [1.29, 1.82) is 0 Å². The number of ether oxygens (including phenoxy) is 2. The second-order valence-electron chi connectivity index (χ2n) is 3.65. The summed E-state index contributed by atoms with van der Waals surface area (Å²) in [4.78, 5) is 11.5. The molecule has 1 heterocycles. The lowest BCUT2D eigenvalue weighted by atomic mass is 10.0. The molecule has 3 rings (SSSR count). The number of allylic oxidation sites excluding steroid dienone is 2. The Morgan fingerprint density at radius 3 is 2.80 bits per heavy atom. The normalized spacial score (nSPS) is 18.1. The summed E-state index contributed by atoms with van der Waals surface area (Å²) in [6, 6.07) is 5.63. The molecule has 0 bridgehead atoms. The van der Waals surface area contributed by atoms with Crippen molar-refractivity contribution in [1.82, 2.24) is 0 Å². The molecule has 0 fully saturated rings. The van der Waals surface area contributed by atoms with Crippen molar-refractivity contribution in [2.45, 2.75) is 12.8 Å². The highest BCUT2D eigenvalue weighted by molar-refractivity contribution is 6.22. The molecule has 1 aliphatic carbocycles. The lowest BCUT2D eigenvalue weighted by molar-refractivity contribution is -0.113. The van der Waals surface area contributed by atoms with Crippen molar-refractivity contribution in [3.63, 3.8) is 0 Å². The van der Waals surface area contributed by atoms with Crippen LogP contribution in [-0.4, -0.2) is 12.6 Å². The Labute approximate surface area is 87.3 Å². The van der Waals surface area contributed by atoms with Crippen LogP contribution in [0.1, 0.15) is 18.4 Å². The standard InChI is InChI=1S/C12H10O3/c13-10-3-1-2-9(10)8-4-5-11-12(6-8)15-7-14-11/h2,4-6H,1,3,7H2. The van der Waals surface area contributed by atoms with Crippen LogP contribution in [0.4, 0.5) is 0 Å². The Hall–Kier alpha value is -1.77. The first-order valence-electron chi connectivity index (χ1n) is 4.98. The number of rotatable bonds is 1. The first-order chi connectivity index (χ1) is 7.34. The van der Waals surface area contributed by atoms with E-state index in [1.165, 1.54) is 0 Å². The predicted octanol–water partition coefficient (Wildman–Crippen LogP) is 2.16. The fraction of sp³-hybridized carbons (Fsp3) is 0.250. The monoisotopic (exact) mass is 202 g/mol. The minimum Gasteiger partial charge on any atom is -0.454 e. The summed E-state index contributed by atoms with van der Waals surface area (Å²) in [5, 5.41) is 0. The van der Waals surface area contributed by atoms with E-state index in [-0.39, 0.29) is 12.6 Å². The van der Waals surface area contributed by atoms with Crippen molar-refractivity contribution in [2.75, 3.05) is 6.79 Å². The van der Waals surface area contributed by atoms with Gasteiger partial charge in [-0.05, 0) is 24.1 Å². The molecule has 0 unspecified atom stereocenters. The molecular formula is C12H10O3. The molecule has 1 aromatic rings. The van der Waals surface area contributed by atoms with E-state index < -0.39 is 0 Å². The van der Waals surface area contributed by atoms with Crippen molar-refractivity contribution in [2.24, 2.45) is 0 Å². The molecule has 0 radical (unpaired) electrons. The molecule has 3 heteroatoms. The lowest BCUT2D eigenvalue weighted by Gasteiger charge is -2.02. The summed E-state index contributed by atoms with van der Waals surface area (Å²) in [5.74, 6) is 1.70. The SMILES string of the molecule is O=C1CCC=C1c1ccc2c(c1)OCO2. The minimum absolute atomic E-state index is 0.217. The molecule has 1 aliphatic heterocycles. The zero-order valence-electron chi connectivity index (χ0n) is 8.16. The Morgan fingerprint density at radius 2 is 2.00 bits per heavy atom. The highest BCUT2D eigenvalue weighted by Crippen LogP contribution is 2.36. The summed E-state index contributed by atoms with van der Waals surface area (Å²) in [7, 11) is 0. The molecular weight excluding hydrogens is 192 g/mol. The molecule has 0 saturated carbocycles. The van der Waals surface area contributed by atoms with E-state index in [2.05, 4.69) is 0 Å². The molecule has 76 valence electrons. The zero-order valence-corrected chi connectivity index (χ0v) is 8.16. The summed E-state index contributed by atoms with van der Waals surface area (Å²) < 4.78 is 10.5. The largest absolute Gasteiger partial charge is 0.454 e. The van der Waals surface area contributed by atoms with Crippen LogP contribution in [-0.2, 0) is 4.79 Å². The number of fused-ring (bicyclic) bond motifs is 1. The van der Waals surface area contributed by atoms with E-state index in [1.54, 1.807) is 0 Å². The van der Waals surface area contributed by atoms with Crippen LogP contribution in [0.2, 0.25) is 0 Å². The number of carbonyl (C=O) groups is 1. The van der Waals surface area contributed by atoms with E-state index in [0.29, 0.717) is 6.42 Å². The molecule has 3 nitrogen and oxygen atoms in total. The Morgan fingerprint density at radius 1 is 1.13 bits per heavy atom. The van der Waals surface area contributed by atoms with Crippen LogP contribution in [0.5, 0.6) is 11.5 Å². The fourth-order valence-corrected chi connectivity index (χ4v) is 1.94. The predicted molar refractivity (Wildman–Crippen MR) is 54.8 cm³/mol. The number of carbonyl (C=O) groups excluding carboxylic acids is 1. The lowest BCUT2D eigenvalue weighted by Crippen LogP contribution is -1.95. The topological polar surface area (TPSA) is 35.5 Å². The van der Waals surface area contributed by atoms with Gasteiger partial charge in [0.2, 0.25) is 6.79 Å². The van der Waals surface area contributed by atoms with E-state index in [0.717, 1.165) is 29.1 Å². The molecule has 0 aromatic heterocycles. The number of ketones is 1. The van der Waals surface area contributed by atoms with E-state index in [1.807, 2.05) is 24.3 Å². The average Bonchev–Trinajstić information content (AvgIpc) is 2.84. The van der Waals surface area contributed by atoms with Crippen LogP contribution < -0.4 is 9.47 Å². The van der Waals surface area contributed by atoms with Gasteiger partial charge in [0.15, 0.2) is 17.3 Å². The van der Waals surface area contributed by atoms with Crippen LogP contribution in [0.3, 0.4) is 0 Å². The summed E-state index contributed by atoms with van der Waals surface area (Å²) in [6.07, 6.45) is 3.46. The van der Waals surface area contributed by atoms with Crippen LogP contribution in [0, 0.1) is 0 Å². The minimum atomic E-state index is 0.217. The van der Waals surface area contributed by atoms with Gasteiger partial charge in [-0.2, -0.15) is 0 Å². The van der Waals surface area contributed by atoms with Crippen LogP contribution in [0.15, 0.2) is 24.3 Å². The maximum absolute atomic E-state index is 11.5. The first kappa shape index (κ1) is 8.53. The number of benzene rings is 1. The molecule has 2 aliphatic rings. The van der Waals surface area contributed by atoms with E-state index >= 15 is 0 Å². The maximum Gasteiger partial charge on any atom is 0.231 e. The van der Waals surface area contributed by atoms with Crippen LogP contribution in [0.25, 0.3) is 5.57 Å². The van der Waals surface area contributed by atoms with Crippen LogP contribution >= 0.6 is 0 Å². The van der Waals surface area contributed by atoms with Gasteiger partial charge in [-0.25, -0.2) is 0 Å². The second-order valence-corrected chi connectivity index (χ2v) is 3.65. The van der Waals surface area contributed by atoms with Gasteiger partial charge in [-0.1, -0.05) is 12.1 Å². The van der Waals surface area contributed by atoms with Crippen molar-refractivity contribution in [3.05, 3.63) is 29.8 Å². The Balaban J connectivity index is 2.03. The molecule has 0 N–H and O–H groups in total. The number of hydrogen-bond acceptors (Lipinski definition) is 3. The van der Waals surface area contributed by atoms with E-state index in [9.17, 15) is 4.79 Å². The van der Waals surface area contributed by atoms with Crippen molar-refractivity contribution in [3.8, 4) is 11.5 Å². The zero-order chi connectivity index (χ0) is 10.3. The molecule has 1 aromatic carbocycles. The van der Waals surface area contributed by atoms with Gasteiger partial charge in [-0.15, -0.1) is 0 Å².